The van der Waals surface area contributed by atoms with Gasteiger partial charge in [-0.25, -0.2) is 9.37 Å². The molecule has 3 nitrogen and oxygen atoms in total. The number of hydrogen-bond donors (Lipinski definition) is 2. The number of fused-ring (bicyclic) bond motifs is 1. The van der Waals surface area contributed by atoms with Crippen molar-refractivity contribution in [3.05, 3.63) is 59.0 Å². The Labute approximate surface area is 110 Å². The number of aromatic nitrogens is 1. The lowest BCUT2D eigenvalue weighted by atomic mass is 9.89. The summed E-state index contributed by atoms with van der Waals surface area (Å²) < 4.78 is 13.2. The van der Waals surface area contributed by atoms with E-state index in [1.54, 1.807) is 18.3 Å². The van der Waals surface area contributed by atoms with E-state index in [0.29, 0.717) is 25.1 Å². The molecule has 0 fully saturated rings. The molecule has 1 unspecified atom stereocenters. The fourth-order valence-corrected chi connectivity index (χ4v) is 2.82. The maximum Gasteiger partial charge on any atom is 0.123 e. The summed E-state index contributed by atoms with van der Waals surface area (Å²) in [6, 6.07) is 8.20. The second-order valence-corrected chi connectivity index (χ2v) is 5.10. The number of rotatable bonds is 2. The summed E-state index contributed by atoms with van der Waals surface area (Å²) in [7, 11) is 0. The summed E-state index contributed by atoms with van der Waals surface area (Å²) >= 11 is 0. The van der Waals surface area contributed by atoms with Gasteiger partial charge in [0.1, 0.15) is 11.6 Å². The van der Waals surface area contributed by atoms with E-state index in [9.17, 15) is 9.50 Å². The summed E-state index contributed by atoms with van der Waals surface area (Å²) in [5.74, 6) is 0.189. The molecule has 0 radical (unpaired) electrons. The molecule has 4 heteroatoms. The zero-order valence-electron chi connectivity index (χ0n) is 10.4. The Morgan fingerprint density at radius 1 is 1.32 bits per heavy atom. The Balaban J connectivity index is 1.94. The van der Waals surface area contributed by atoms with Gasteiger partial charge in [0.2, 0.25) is 0 Å². The van der Waals surface area contributed by atoms with Gasteiger partial charge in [0, 0.05) is 12.6 Å². The molecule has 1 aromatic carbocycles. The number of pyridine rings is 1. The lowest BCUT2D eigenvalue weighted by Crippen LogP contribution is -2.25. The molecule has 0 spiro atoms. The Morgan fingerprint density at radius 2 is 2.16 bits per heavy atom. The van der Waals surface area contributed by atoms with Crippen LogP contribution < -0.4 is 5.73 Å². The number of nitrogens with two attached hydrogens (primary N) is 1. The zero-order chi connectivity index (χ0) is 13.5. The number of nitrogens with zero attached hydrogens (tertiary/aromatic N) is 1. The molecule has 98 valence electrons. The van der Waals surface area contributed by atoms with Crippen molar-refractivity contribution in [1.29, 1.82) is 0 Å². The largest absolute Gasteiger partial charge is 0.385 e. The number of nitrogen functional groups attached to an aromatic ring is 1. The molecule has 1 aliphatic rings. The lowest BCUT2D eigenvalue weighted by Gasteiger charge is -2.24. The Hall–Kier alpha value is -1.94. The number of aliphatic hydroxyl groups is 1. The normalized spacial score (nSPS) is 21.4. The van der Waals surface area contributed by atoms with Crippen LogP contribution in [0.25, 0.3) is 0 Å². The van der Waals surface area contributed by atoms with Crippen molar-refractivity contribution in [2.24, 2.45) is 0 Å². The molecule has 1 atom stereocenters. The van der Waals surface area contributed by atoms with E-state index in [0.717, 1.165) is 16.7 Å². The summed E-state index contributed by atoms with van der Waals surface area (Å²) in [6.45, 7) is 0. The number of halogens is 1. The molecule has 0 aliphatic heterocycles. The summed E-state index contributed by atoms with van der Waals surface area (Å²) in [5, 5.41) is 10.8. The van der Waals surface area contributed by atoms with Crippen molar-refractivity contribution in [3.63, 3.8) is 0 Å². The van der Waals surface area contributed by atoms with Crippen LogP contribution in [-0.2, 0) is 18.4 Å². The van der Waals surface area contributed by atoms with E-state index < -0.39 is 5.60 Å². The first-order valence-corrected chi connectivity index (χ1v) is 6.28. The van der Waals surface area contributed by atoms with Crippen LogP contribution in [0.3, 0.4) is 0 Å². The molecule has 2 aromatic rings. The highest BCUT2D eigenvalue weighted by molar-refractivity contribution is 5.40. The van der Waals surface area contributed by atoms with Gasteiger partial charge >= 0.3 is 0 Å². The fourth-order valence-electron chi connectivity index (χ4n) is 2.82. The highest BCUT2D eigenvalue weighted by atomic mass is 19.1. The Kier molecular flexibility index (Phi) is 2.75. The molecule has 3 N–H and O–H groups in total. The van der Waals surface area contributed by atoms with E-state index >= 15 is 0 Å². The third-order valence-corrected chi connectivity index (χ3v) is 3.72. The van der Waals surface area contributed by atoms with E-state index in [4.69, 9.17) is 5.73 Å². The van der Waals surface area contributed by atoms with Gasteiger partial charge < -0.3 is 10.8 Å². The predicted molar refractivity (Wildman–Crippen MR) is 71.0 cm³/mol. The average Bonchev–Trinajstić information content (AvgIpc) is 2.66. The average molecular weight is 258 g/mol. The van der Waals surface area contributed by atoms with Crippen LogP contribution in [-0.4, -0.2) is 10.1 Å². The quantitative estimate of drug-likeness (QED) is 0.868. The smallest absolute Gasteiger partial charge is 0.123 e. The number of hydrogen-bond acceptors (Lipinski definition) is 3. The summed E-state index contributed by atoms with van der Waals surface area (Å²) in [6.07, 6.45) is 3.41. The van der Waals surface area contributed by atoms with Gasteiger partial charge in [-0.05, 0) is 53.8 Å². The van der Waals surface area contributed by atoms with Gasteiger partial charge in [-0.15, -0.1) is 0 Å². The van der Waals surface area contributed by atoms with Crippen LogP contribution in [0.5, 0.6) is 0 Å². The van der Waals surface area contributed by atoms with Crippen LogP contribution in [0, 0.1) is 5.82 Å². The molecule has 0 bridgehead atoms. The molecule has 3 rings (SSSR count). The van der Waals surface area contributed by atoms with Crippen LogP contribution >= 0.6 is 0 Å². The number of aryl methyl sites for hydroxylation is 1. The van der Waals surface area contributed by atoms with Crippen molar-refractivity contribution >= 4 is 5.82 Å². The van der Waals surface area contributed by atoms with Crippen molar-refractivity contribution in [2.75, 3.05) is 5.73 Å². The van der Waals surface area contributed by atoms with Crippen LogP contribution in [0.1, 0.15) is 23.1 Å². The molecule has 1 aromatic heterocycles. The monoisotopic (exact) mass is 258 g/mol. The Bertz CT molecular complexity index is 629. The first-order chi connectivity index (χ1) is 9.07. The van der Waals surface area contributed by atoms with Crippen LogP contribution in [0.4, 0.5) is 10.2 Å². The van der Waals surface area contributed by atoms with Gasteiger partial charge in [-0.1, -0.05) is 6.07 Å². The number of benzene rings is 1. The van der Waals surface area contributed by atoms with Gasteiger partial charge in [0.15, 0.2) is 0 Å². The first kappa shape index (κ1) is 12.1. The van der Waals surface area contributed by atoms with Gasteiger partial charge in [0.05, 0.1) is 5.60 Å². The fraction of sp³-hybridized carbons (Fsp3) is 0.267. The molecule has 0 amide bonds. The second kappa shape index (κ2) is 4.31. The topological polar surface area (TPSA) is 59.1 Å². The van der Waals surface area contributed by atoms with Gasteiger partial charge in [0.25, 0.3) is 0 Å². The SMILES string of the molecule is Nc1cc(CC2(O)CCc3cc(F)ccc32)ccn1. The van der Waals surface area contributed by atoms with Crippen molar-refractivity contribution in [2.45, 2.75) is 24.9 Å². The van der Waals surface area contributed by atoms with Crippen molar-refractivity contribution in [1.82, 2.24) is 4.98 Å². The van der Waals surface area contributed by atoms with Gasteiger partial charge in [-0.3, -0.25) is 0 Å². The number of anilines is 1. The highest BCUT2D eigenvalue weighted by Gasteiger charge is 2.36. The predicted octanol–water partition coefficient (Wildman–Crippen LogP) is 2.18. The minimum absolute atomic E-state index is 0.254. The zero-order valence-corrected chi connectivity index (χ0v) is 10.4. The standard InChI is InChI=1S/C15H15FN2O/c16-12-1-2-13-11(8-12)3-5-15(13,19)9-10-4-6-18-14(17)7-10/h1-2,4,6-8,19H,3,5,9H2,(H2,17,18). The minimum atomic E-state index is -0.934. The third kappa shape index (κ3) is 2.19. The van der Waals surface area contributed by atoms with Crippen molar-refractivity contribution in [3.8, 4) is 0 Å². The molecule has 0 saturated heterocycles. The molecular weight excluding hydrogens is 243 g/mol. The maximum atomic E-state index is 13.2. The van der Waals surface area contributed by atoms with E-state index in [1.807, 2.05) is 6.07 Å². The third-order valence-electron chi connectivity index (χ3n) is 3.72. The minimum Gasteiger partial charge on any atom is -0.385 e. The summed E-state index contributed by atoms with van der Waals surface area (Å²) in [4.78, 5) is 3.94. The molecule has 19 heavy (non-hydrogen) atoms. The second-order valence-electron chi connectivity index (χ2n) is 5.10. The molecule has 0 saturated carbocycles. The highest BCUT2D eigenvalue weighted by Crippen LogP contribution is 2.39. The van der Waals surface area contributed by atoms with E-state index in [2.05, 4.69) is 4.98 Å². The summed E-state index contributed by atoms with van der Waals surface area (Å²) in [5.41, 5.74) is 7.37. The molecule has 1 aliphatic carbocycles. The van der Waals surface area contributed by atoms with E-state index in [-0.39, 0.29) is 5.82 Å². The first-order valence-electron chi connectivity index (χ1n) is 6.28. The Morgan fingerprint density at radius 3 is 2.95 bits per heavy atom. The molecular formula is C15H15FN2O. The van der Waals surface area contributed by atoms with Crippen LogP contribution in [0.15, 0.2) is 36.5 Å². The van der Waals surface area contributed by atoms with Crippen LogP contribution in [0.2, 0.25) is 0 Å². The molecule has 1 heterocycles. The lowest BCUT2D eigenvalue weighted by molar-refractivity contribution is 0.0389. The maximum absolute atomic E-state index is 13.2. The van der Waals surface area contributed by atoms with Gasteiger partial charge in [-0.2, -0.15) is 0 Å². The van der Waals surface area contributed by atoms with Crippen molar-refractivity contribution < 1.29 is 9.50 Å². The van der Waals surface area contributed by atoms with E-state index in [1.165, 1.54) is 12.1 Å².